The van der Waals surface area contributed by atoms with E-state index in [2.05, 4.69) is 46.5 Å². The van der Waals surface area contributed by atoms with Crippen LogP contribution < -0.4 is 14.8 Å². The average molecular weight is 494 g/mol. The first kappa shape index (κ1) is 22.4. The fourth-order valence-corrected chi connectivity index (χ4v) is 4.98. The molecule has 1 aliphatic rings. The molecule has 0 spiro atoms. The number of nitrogens with zero attached hydrogens (tertiary/aromatic N) is 4. The Bertz CT molecular complexity index is 1350. The number of thioether (sulfide) groups is 1. The number of ether oxygens (including phenoxy) is 2. The van der Waals surface area contributed by atoms with E-state index in [1.807, 2.05) is 47.3 Å². The molecule has 1 N–H and O–H groups in total. The third-order valence-corrected chi connectivity index (χ3v) is 7.33. The molecule has 1 aliphatic heterocycles. The summed E-state index contributed by atoms with van der Waals surface area (Å²) in [5.41, 5.74) is 4.34. The van der Waals surface area contributed by atoms with Gasteiger partial charge in [-0.25, -0.2) is 4.98 Å². The number of hydrogen-bond acceptors (Lipinski definition) is 8. The lowest BCUT2D eigenvalue weighted by atomic mass is 10.1. The van der Waals surface area contributed by atoms with Gasteiger partial charge < -0.3 is 19.4 Å². The van der Waals surface area contributed by atoms with Crippen LogP contribution >= 0.6 is 23.1 Å². The van der Waals surface area contributed by atoms with E-state index in [1.165, 1.54) is 34.2 Å². The van der Waals surface area contributed by atoms with Gasteiger partial charge in [0.15, 0.2) is 33.7 Å². The van der Waals surface area contributed by atoms with Gasteiger partial charge in [0.25, 0.3) is 0 Å². The van der Waals surface area contributed by atoms with Gasteiger partial charge in [0.1, 0.15) is 6.61 Å². The zero-order valence-corrected chi connectivity index (χ0v) is 20.6. The molecule has 34 heavy (non-hydrogen) atoms. The van der Waals surface area contributed by atoms with Crippen LogP contribution in [-0.2, 0) is 11.8 Å². The fraction of sp³-hybridized carbons (Fsp3) is 0.250. The molecule has 10 heteroatoms. The molecule has 0 bridgehead atoms. The Kier molecular flexibility index (Phi) is 6.25. The predicted molar refractivity (Wildman–Crippen MR) is 133 cm³/mol. The van der Waals surface area contributed by atoms with Crippen molar-refractivity contribution in [2.75, 3.05) is 17.7 Å². The standard InChI is InChI=1S/C24H23N5O3S2/c1-14-8-9-16(10-15(14)2)17-12-33-23(25-17)26-21(30)13-34-24-28-27-22(29(24)3)20-11-31-18-6-4-5-7-19(18)32-20/h4-10,12,20H,11,13H2,1-3H3,(H,25,26,30). The maximum atomic E-state index is 12.5. The summed E-state index contributed by atoms with van der Waals surface area (Å²) in [5, 5.41) is 14.5. The number of anilines is 1. The van der Waals surface area contributed by atoms with Crippen LogP contribution in [0.5, 0.6) is 11.5 Å². The lowest BCUT2D eigenvalue weighted by Gasteiger charge is -2.25. The van der Waals surface area contributed by atoms with Crippen LogP contribution in [0.15, 0.2) is 53.0 Å². The summed E-state index contributed by atoms with van der Waals surface area (Å²) in [4.78, 5) is 17.1. The Balaban J connectivity index is 1.19. The number of carbonyl (C=O) groups is 1. The summed E-state index contributed by atoms with van der Waals surface area (Å²) in [5.74, 6) is 2.08. The van der Waals surface area contributed by atoms with E-state index in [9.17, 15) is 4.79 Å². The third kappa shape index (κ3) is 4.64. The molecule has 4 aromatic rings. The summed E-state index contributed by atoms with van der Waals surface area (Å²) in [6, 6.07) is 13.8. The topological polar surface area (TPSA) is 91.2 Å². The van der Waals surface area contributed by atoms with Crippen LogP contribution in [0, 0.1) is 13.8 Å². The van der Waals surface area contributed by atoms with Crippen LogP contribution in [0.2, 0.25) is 0 Å². The predicted octanol–water partition coefficient (Wildman–Crippen LogP) is 4.80. The smallest absolute Gasteiger partial charge is 0.236 e. The van der Waals surface area contributed by atoms with Crippen molar-refractivity contribution in [3.63, 3.8) is 0 Å². The molecular formula is C24H23N5O3S2. The number of aryl methyl sites for hydroxylation is 2. The second-order valence-corrected chi connectivity index (χ2v) is 9.74. The molecule has 0 aliphatic carbocycles. The van der Waals surface area contributed by atoms with Gasteiger partial charge in [-0.15, -0.1) is 21.5 Å². The number of amides is 1. The minimum Gasteiger partial charge on any atom is -0.485 e. The van der Waals surface area contributed by atoms with Gasteiger partial charge in [-0.3, -0.25) is 4.79 Å². The number of fused-ring (bicyclic) bond motifs is 1. The van der Waals surface area contributed by atoms with Gasteiger partial charge in [0.2, 0.25) is 5.91 Å². The molecule has 2 aromatic heterocycles. The van der Waals surface area contributed by atoms with Crippen molar-refractivity contribution in [2.45, 2.75) is 25.1 Å². The van der Waals surface area contributed by atoms with Crippen LogP contribution in [-0.4, -0.2) is 38.0 Å². The molecule has 5 rings (SSSR count). The van der Waals surface area contributed by atoms with Gasteiger partial charge in [-0.05, 0) is 43.2 Å². The van der Waals surface area contributed by atoms with Crippen molar-refractivity contribution in [3.8, 4) is 22.8 Å². The average Bonchev–Trinajstić information content (AvgIpc) is 3.45. The Morgan fingerprint density at radius 1 is 1.18 bits per heavy atom. The number of para-hydroxylation sites is 2. The van der Waals surface area contributed by atoms with Gasteiger partial charge >= 0.3 is 0 Å². The van der Waals surface area contributed by atoms with Gasteiger partial charge in [0, 0.05) is 18.0 Å². The van der Waals surface area contributed by atoms with Crippen LogP contribution in [0.3, 0.4) is 0 Å². The van der Waals surface area contributed by atoms with Gasteiger partial charge in [-0.1, -0.05) is 36.0 Å². The molecule has 0 saturated carbocycles. The second-order valence-electron chi connectivity index (χ2n) is 7.94. The molecule has 174 valence electrons. The number of aromatic nitrogens is 4. The molecule has 0 saturated heterocycles. The highest BCUT2D eigenvalue weighted by Gasteiger charge is 2.27. The molecule has 0 radical (unpaired) electrons. The quantitative estimate of drug-likeness (QED) is 0.386. The number of carbonyl (C=O) groups excluding carboxylic acids is 1. The normalized spacial score (nSPS) is 14.7. The van der Waals surface area contributed by atoms with Crippen molar-refractivity contribution in [3.05, 3.63) is 64.8 Å². The SMILES string of the molecule is Cc1ccc(-c2csc(NC(=O)CSc3nnc(C4COc5ccccc5O4)n3C)n2)cc1C. The number of thiazole rings is 1. The minimum absolute atomic E-state index is 0.151. The van der Waals surface area contributed by atoms with Gasteiger partial charge in [-0.2, -0.15) is 0 Å². The molecule has 2 aromatic carbocycles. The van der Waals surface area contributed by atoms with Crippen molar-refractivity contribution >= 4 is 34.1 Å². The third-order valence-electron chi connectivity index (χ3n) is 5.55. The first-order chi connectivity index (χ1) is 16.5. The van der Waals surface area contributed by atoms with Crippen molar-refractivity contribution < 1.29 is 14.3 Å². The highest BCUT2D eigenvalue weighted by Crippen LogP contribution is 2.36. The monoisotopic (exact) mass is 493 g/mol. The zero-order chi connectivity index (χ0) is 23.7. The molecule has 1 atom stereocenters. The first-order valence-electron chi connectivity index (χ1n) is 10.7. The molecule has 8 nitrogen and oxygen atoms in total. The van der Waals surface area contributed by atoms with Gasteiger partial charge in [0.05, 0.1) is 11.4 Å². The summed E-state index contributed by atoms with van der Waals surface area (Å²) in [6.07, 6.45) is -0.366. The molecule has 0 fully saturated rings. The van der Waals surface area contributed by atoms with E-state index < -0.39 is 0 Å². The van der Waals surface area contributed by atoms with Crippen molar-refractivity contribution in [2.24, 2.45) is 7.05 Å². The number of rotatable bonds is 6. The number of nitrogens with one attached hydrogen (secondary N) is 1. The first-order valence-corrected chi connectivity index (χ1v) is 12.6. The highest BCUT2D eigenvalue weighted by molar-refractivity contribution is 7.99. The summed E-state index contributed by atoms with van der Waals surface area (Å²) in [6.45, 7) is 4.51. The maximum Gasteiger partial charge on any atom is 0.236 e. The summed E-state index contributed by atoms with van der Waals surface area (Å²) >= 11 is 2.72. The summed E-state index contributed by atoms with van der Waals surface area (Å²) in [7, 11) is 1.86. The lowest BCUT2D eigenvalue weighted by molar-refractivity contribution is -0.113. The van der Waals surface area contributed by atoms with E-state index >= 15 is 0 Å². The minimum atomic E-state index is -0.366. The van der Waals surface area contributed by atoms with Crippen LogP contribution in [0.4, 0.5) is 5.13 Å². The molecule has 3 heterocycles. The van der Waals surface area contributed by atoms with E-state index in [0.717, 1.165) is 17.0 Å². The Morgan fingerprint density at radius 2 is 2.00 bits per heavy atom. The fourth-order valence-electron chi connectivity index (χ4n) is 3.53. The summed E-state index contributed by atoms with van der Waals surface area (Å²) < 4.78 is 13.6. The van der Waals surface area contributed by atoms with Crippen LogP contribution in [0.1, 0.15) is 23.1 Å². The Labute approximate surface area is 205 Å². The highest BCUT2D eigenvalue weighted by atomic mass is 32.2. The van der Waals surface area contributed by atoms with E-state index in [4.69, 9.17) is 9.47 Å². The number of benzene rings is 2. The molecule has 1 amide bonds. The molecular weight excluding hydrogens is 470 g/mol. The lowest BCUT2D eigenvalue weighted by Crippen LogP contribution is -2.24. The second kappa shape index (κ2) is 9.47. The Hall–Kier alpha value is -3.37. The van der Waals surface area contributed by atoms with E-state index in [-0.39, 0.29) is 17.8 Å². The largest absolute Gasteiger partial charge is 0.485 e. The van der Waals surface area contributed by atoms with Crippen molar-refractivity contribution in [1.82, 2.24) is 19.7 Å². The van der Waals surface area contributed by atoms with Crippen LogP contribution in [0.25, 0.3) is 11.3 Å². The van der Waals surface area contributed by atoms with E-state index in [0.29, 0.717) is 28.5 Å². The molecule has 1 unspecified atom stereocenters. The Morgan fingerprint density at radius 3 is 2.82 bits per heavy atom. The maximum absolute atomic E-state index is 12.5. The number of hydrogen-bond donors (Lipinski definition) is 1. The van der Waals surface area contributed by atoms with Crippen molar-refractivity contribution in [1.29, 1.82) is 0 Å². The zero-order valence-electron chi connectivity index (χ0n) is 18.9. The van der Waals surface area contributed by atoms with E-state index in [1.54, 1.807) is 0 Å².